The fraction of sp³-hybridized carbons (Fsp3) is 0.632. The molecule has 0 bridgehead atoms. The Balaban J connectivity index is 0.000000241. The van der Waals surface area contributed by atoms with Crippen LogP contribution < -0.4 is 10.5 Å². The van der Waals surface area contributed by atoms with E-state index in [-0.39, 0.29) is 5.41 Å². The summed E-state index contributed by atoms with van der Waals surface area (Å²) < 4.78 is 5.59. The van der Waals surface area contributed by atoms with Gasteiger partial charge in [-0.15, -0.1) is 0 Å². The summed E-state index contributed by atoms with van der Waals surface area (Å²) in [5.41, 5.74) is 9.72. The minimum absolute atomic E-state index is 0.273. The molecule has 0 saturated carbocycles. The van der Waals surface area contributed by atoms with Crippen LogP contribution in [-0.2, 0) is 17.8 Å². The molecule has 1 aliphatic rings. The van der Waals surface area contributed by atoms with Crippen LogP contribution >= 0.6 is 0 Å². The molecule has 0 spiro atoms. The summed E-state index contributed by atoms with van der Waals surface area (Å²) in [4.78, 5) is 10.1. The van der Waals surface area contributed by atoms with E-state index in [1.807, 2.05) is 0 Å². The number of nitrogens with two attached hydrogens (primary N) is 1. The summed E-state index contributed by atoms with van der Waals surface area (Å²) in [6.07, 6.45) is 4.36. The third kappa shape index (κ3) is 7.51. The molecule has 0 aliphatic carbocycles. The summed E-state index contributed by atoms with van der Waals surface area (Å²) in [5, 5.41) is 8.31. The van der Waals surface area contributed by atoms with Gasteiger partial charge in [0.2, 0.25) is 0 Å². The van der Waals surface area contributed by atoms with Gasteiger partial charge >= 0.3 is 5.97 Å². The maximum atomic E-state index is 10.1. The first kappa shape index (κ1) is 19.5. The van der Waals surface area contributed by atoms with Gasteiger partial charge in [0.1, 0.15) is 5.75 Å². The molecular weight excluding hydrogens is 290 g/mol. The molecule has 0 atom stereocenters. The maximum absolute atomic E-state index is 10.1. The van der Waals surface area contributed by atoms with E-state index in [9.17, 15) is 4.79 Å². The zero-order valence-electron chi connectivity index (χ0n) is 14.9. The highest BCUT2D eigenvalue weighted by Gasteiger charge is 2.13. The van der Waals surface area contributed by atoms with Gasteiger partial charge in [-0.3, -0.25) is 4.79 Å². The van der Waals surface area contributed by atoms with Gasteiger partial charge in [0.05, 0.1) is 6.61 Å². The number of fused-ring (bicyclic) bond motifs is 1. The van der Waals surface area contributed by atoms with Crippen molar-refractivity contribution >= 4 is 5.97 Å². The number of carboxylic acids is 1. The minimum atomic E-state index is -0.691. The van der Waals surface area contributed by atoms with Crippen molar-refractivity contribution in [2.45, 2.75) is 66.3 Å². The van der Waals surface area contributed by atoms with E-state index in [2.05, 4.69) is 39.8 Å². The molecule has 0 fully saturated rings. The van der Waals surface area contributed by atoms with Crippen LogP contribution in [0.2, 0.25) is 0 Å². The summed E-state index contributed by atoms with van der Waals surface area (Å²) in [6.45, 7) is 9.93. The number of hydrogen-bond acceptors (Lipinski definition) is 3. The number of aryl methyl sites for hydroxylation is 1. The van der Waals surface area contributed by atoms with Gasteiger partial charge < -0.3 is 15.6 Å². The van der Waals surface area contributed by atoms with Crippen LogP contribution in [0.5, 0.6) is 5.75 Å². The minimum Gasteiger partial charge on any atom is -0.493 e. The van der Waals surface area contributed by atoms with Crippen molar-refractivity contribution in [2.75, 3.05) is 6.61 Å². The molecule has 130 valence electrons. The number of rotatable bonds is 4. The number of ether oxygens (including phenoxy) is 1. The Morgan fingerprint density at radius 3 is 2.61 bits per heavy atom. The van der Waals surface area contributed by atoms with Crippen molar-refractivity contribution in [3.63, 3.8) is 0 Å². The van der Waals surface area contributed by atoms with Crippen LogP contribution in [0, 0.1) is 12.3 Å². The van der Waals surface area contributed by atoms with Gasteiger partial charge in [-0.05, 0) is 60.8 Å². The molecule has 0 aromatic heterocycles. The number of carbonyl (C=O) groups is 1. The zero-order chi connectivity index (χ0) is 17.5. The Bertz CT molecular complexity index is 518. The quantitative estimate of drug-likeness (QED) is 0.877. The van der Waals surface area contributed by atoms with Crippen molar-refractivity contribution in [3.05, 3.63) is 28.8 Å². The van der Waals surface area contributed by atoms with Crippen LogP contribution in [0.4, 0.5) is 0 Å². The molecule has 4 nitrogen and oxygen atoms in total. The SMILES string of the molecule is CC(C)(C)CCCC(=O)O.Cc1cc(CN)cc2c1CCCO2. The molecule has 1 aromatic carbocycles. The smallest absolute Gasteiger partial charge is 0.303 e. The zero-order valence-corrected chi connectivity index (χ0v) is 14.9. The average Bonchev–Trinajstić information content (AvgIpc) is 2.46. The van der Waals surface area contributed by atoms with Gasteiger partial charge in [0.15, 0.2) is 0 Å². The van der Waals surface area contributed by atoms with Gasteiger partial charge in [0.25, 0.3) is 0 Å². The summed E-state index contributed by atoms with van der Waals surface area (Å²) >= 11 is 0. The van der Waals surface area contributed by atoms with Gasteiger partial charge in [-0.1, -0.05) is 26.8 Å². The Morgan fingerprint density at radius 2 is 2.04 bits per heavy atom. The lowest BCUT2D eigenvalue weighted by atomic mass is 9.90. The van der Waals surface area contributed by atoms with Crippen LogP contribution in [0.1, 0.15) is 63.1 Å². The average molecular weight is 321 g/mol. The summed E-state index contributed by atoms with van der Waals surface area (Å²) in [6, 6.07) is 4.23. The van der Waals surface area contributed by atoms with Crippen molar-refractivity contribution < 1.29 is 14.6 Å². The lowest BCUT2D eigenvalue weighted by Gasteiger charge is -2.20. The predicted molar refractivity (Wildman–Crippen MR) is 93.8 cm³/mol. The molecule has 1 heterocycles. The third-order valence-electron chi connectivity index (χ3n) is 3.87. The number of carboxylic acid groups (broad SMARTS) is 1. The molecule has 0 unspecified atom stereocenters. The number of hydrogen-bond donors (Lipinski definition) is 2. The monoisotopic (exact) mass is 321 g/mol. The highest BCUT2D eigenvalue weighted by atomic mass is 16.5. The highest BCUT2D eigenvalue weighted by Crippen LogP contribution is 2.29. The Labute approximate surface area is 140 Å². The van der Waals surface area contributed by atoms with E-state index in [1.165, 1.54) is 11.1 Å². The predicted octanol–water partition coefficient (Wildman–Crippen LogP) is 4.07. The first-order valence-corrected chi connectivity index (χ1v) is 8.40. The van der Waals surface area contributed by atoms with Crippen LogP contribution in [0.25, 0.3) is 0 Å². The van der Waals surface area contributed by atoms with Crippen LogP contribution in [-0.4, -0.2) is 17.7 Å². The van der Waals surface area contributed by atoms with Crippen molar-refractivity contribution in [1.29, 1.82) is 0 Å². The molecule has 0 radical (unpaired) electrons. The highest BCUT2D eigenvalue weighted by molar-refractivity contribution is 5.66. The topological polar surface area (TPSA) is 72.5 Å². The van der Waals surface area contributed by atoms with E-state index in [0.29, 0.717) is 13.0 Å². The van der Waals surface area contributed by atoms with Crippen molar-refractivity contribution in [1.82, 2.24) is 0 Å². The first-order chi connectivity index (χ1) is 10.7. The Kier molecular flexibility index (Phi) is 7.56. The standard InChI is InChI=1S/C11H15NO.C8H16O2/c1-8-5-9(7-12)6-11-10(8)3-2-4-13-11;1-8(2,3)6-4-5-7(9)10/h5-6H,2-4,7,12H2,1H3;4-6H2,1-3H3,(H,9,10). The molecule has 0 saturated heterocycles. The van der Waals surface area contributed by atoms with Gasteiger partial charge in [-0.2, -0.15) is 0 Å². The summed E-state index contributed by atoms with van der Waals surface area (Å²) in [5.74, 6) is 0.357. The lowest BCUT2D eigenvalue weighted by molar-refractivity contribution is -0.137. The van der Waals surface area contributed by atoms with Crippen molar-refractivity contribution in [3.8, 4) is 5.75 Å². The second-order valence-electron chi connectivity index (χ2n) is 7.35. The Morgan fingerprint density at radius 1 is 1.35 bits per heavy atom. The van der Waals surface area contributed by atoms with E-state index >= 15 is 0 Å². The summed E-state index contributed by atoms with van der Waals surface area (Å²) in [7, 11) is 0. The van der Waals surface area contributed by atoms with Gasteiger partial charge in [-0.25, -0.2) is 0 Å². The fourth-order valence-electron chi connectivity index (χ4n) is 2.62. The van der Waals surface area contributed by atoms with E-state index in [0.717, 1.165) is 43.6 Å². The molecule has 1 aromatic rings. The molecule has 23 heavy (non-hydrogen) atoms. The molecule has 3 N–H and O–H groups in total. The second-order valence-corrected chi connectivity index (χ2v) is 7.35. The fourth-order valence-corrected chi connectivity index (χ4v) is 2.62. The maximum Gasteiger partial charge on any atom is 0.303 e. The lowest BCUT2D eigenvalue weighted by Crippen LogP contribution is -2.11. The Hall–Kier alpha value is -1.55. The number of aliphatic carboxylic acids is 1. The first-order valence-electron chi connectivity index (χ1n) is 8.40. The van der Waals surface area contributed by atoms with Crippen LogP contribution in [0.15, 0.2) is 12.1 Å². The largest absolute Gasteiger partial charge is 0.493 e. The molecule has 0 amide bonds. The second kappa shape index (κ2) is 8.92. The molecular formula is C19H31NO3. The third-order valence-corrected chi connectivity index (χ3v) is 3.87. The van der Waals surface area contributed by atoms with Crippen LogP contribution in [0.3, 0.4) is 0 Å². The van der Waals surface area contributed by atoms with E-state index < -0.39 is 5.97 Å². The molecule has 2 rings (SSSR count). The van der Waals surface area contributed by atoms with Gasteiger partial charge in [0, 0.05) is 13.0 Å². The normalized spacial score (nSPS) is 13.4. The van der Waals surface area contributed by atoms with Crippen molar-refractivity contribution in [2.24, 2.45) is 11.1 Å². The van der Waals surface area contributed by atoms with E-state index in [4.69, 9.17) is 15.6 Å². The molecule has 1 aliphatic heterocycles. The van der Waals surface area contributed by atoms with E-state index in [1.54, 1.807) is 0 Å². The number of benzene rings is 1. The molecule has 4 heteroatoms.